The molecular formula is C42H20. The van der Waals surface area contributed by atoms with Crippen molar-refractivity contribution < 1.29 is 0 Å². The van der Waals surface area contributed by atoms with Crippen LogP contribution in [0.2, 0.25) is 0 Å². The van der Waals surface area contributed by atoms with E-state index in [9.17, 15) is 0 Å². The maximum absolute atomic E-state index is 2.48. The second-order valence-electron chi connectivity index (χ2n) is 12.3. The van der Waals surface area contributed by atoms with Crippen LogP contribution in [0.25, 0.3) is 119 Å². The average Bonchev–Trinajstić information content (AvgIpc) is 3.66. The fraction of sp³-hybridized carbons (Fsp3) is 0. The lowest BCUT2D eigenvalue weighted by molar-refractivity contribution is 1.70. The molecular weight excluding hydrogens is 504 g/mol. The van der Waals surface area contributed by atoms with Crippen LogP contribution in [0, 0.1) is 0 Å². The van der Waals surface area contributed by atoms with Crippen molar-refractivity contribution in [3.05, 3.63) is 121 Å². The molecule has 0 saturated carbocycles. The molecule has 0 spiro atoms. The van der Waals surface area contributed by atoms with Crippen molar-refractivity contribution in [3.63, 3.8) is 0 Å². The zero-order valence-electron chi connectivity index (χ0n) is 22.5. The van der Waals surface area contributed by atoms with E-state index in [0.717, 1.165) is 0 Å². The lowest BCUT2D eigenvalue weighted by atomic mass is 9.87. The van der Waals surface area contributed by atoms with E-state index in [1.165, 1.54) is 119 Å². The lowest BCUT2D eigenvalue weighted by Crippen LogP contribution is -1.87. The van der Waals surface area contributed by atoms with Crippen molar-refractivity contribution >= 4 is 97.0 Å². The number of hydrogen-bond acceptors (Lipinski definition) is 0. The highest BCUT2D eigenvalue weighted by Crippen LogP contribution is 2.54. The van der Waals surface area contributed by atoms with Crippen LogP contribution in [-0.4, -0.2) is 0 Å². The molecule has 0 aromatic heterocycles. The van der Waals surface area contributed by atoms with Crippen molar-refractivity contribution in [2.24, 2.45) is 0 Å². The van der Waals surface area contributed by atoms with E-state index in [1.54, 1.807) is 0 Å². The largest absolute Gasteiger partial charge is 0.0616 e. The normalized spacial score (nSPS) is 13.2. The average molecular weight is 525 g/mol. The highest BCUT2D eigenvalue weighted by Gasteiger charge is 2.26. The second kappa shape index (κ2) is 6.54. The molecule has 0 fully saturated rings. The summed E-state index contributed by atoms with van der Waals surface area (Å²) in [4.78, 5) is 0. The van der Waals surface area contributed by atoms with E-state index < -0.39 is 0 Å². The summed E-state index contributed by atoms with van der Waals surface area (Å²) in [6, 6.07) is 46.4. The first-order valence-electron chi connectivity index (χ1n) is 14.9. The molecule has 0 unspecified atom stereocenters. The van der Waals surface area contributed by atoms with Crippen LogP contribution in [0.15, 0.2) is 121 Å². The van der Waals surface area contributed by atoms with Gasteiger partial charge in [-0.1, -0.05) is 109 Å². The molecule has 0 atom stereocenters. The summed E-state index contributed by atoms with van der Waals surface area (Å²) < 4.78 is 0. The minimum Gasteiger partial charge on any atom is -0.0616 e. The standard InChI is InChI=1S/C42H20/c1-2-8-23-22(7-1)26-11-13-28-30-15-17-32-36-19-34-24-9-3-5-21-6-4-10-25(38(21)24)35(34)20-37(36)33-18-16-31(41(30)42(32)33)29-14-12-27(23)39(26)40(28)29/h1-20H. The van der Waals surface area contributed by atoms with Gasteiger partial charge in [-0.2, -0.15) is 0 Å². The van der Waals surface area contributed by atoms with Crippen molar-refractivity contribution in [2.75, 3.05) is 0 Å². The second-order valence-corrected chi connectivity index (χ2v) is 12.3. The van der Waals surface area contributed by atoms with Gasteiger partial charge in [0.25, 0.3) is 0 Å². The van der Waals surface area contributed by atoms with Gasteiger partial charge in [-0.05, 0) is 131 Å². The Kier molecular flexibility index (Phi) is 3.18. The molecule has 0 amide bonds. The number of fused-ring (bicyclic) bond motifs is 11. The van der Waals surface area contributed by atoms with Crippen LogP contribution in [0.5, 0.6) is 0 Å². The topological polar surface area (TPSA) is 0 Å². The van der Waals surface area contributed by atoms with E-state index >= 15 is 0 Å². The summed E-state index contributed by atoms with van der Waals surface area (Å²) in [5, 5.41) is 24.8. The Morgan fingerprint density at radius 1 is 0.214 bits per heavy atom. The predicted octanol–water partition coefficient (Wildman–Crippen LogP) is 12.0. The third-order valence-corrected chi connectivity index (χ3v) is 10.6. The maximum atomic E-state index is 2.48. The van der Waals surface area contributed by atoms with Gasteiger partial charge in [0.1, 0.15) is 0 Å². The van der Waals surface area contributed by atoms with E-state index in [-0.39, 0.29) is 0 Å². The zero-order valence-corrected chi connectivity index (χ0v) is 22.5. The molecule has 11 aromatic rings. The van der Waals surface area contributed by atoms with Crippen LogP contribution >= 0.6 is 0 Å². The van der Waals surface area contributed by atoms with Gasteiger partial charge in [0.2, 0.25) is 0 Å². The van der Waals surface area contributed by atoms with Crippen LogP contribution < -0.4 is 0 Å². The van der Waals surface area contributed by atoms with Crippen molar-refractivity contribution in [1.82, 2.24) is 0 Å². The third-order valence-electron chi connectivity index (χ3n) is 10.6. The van der Waals surface area contributed by atoms with Gasteiger partial charge in [0, 0.05) is 0 Å². The van der Waals surface area contributed by atoms with E-state index in [2.05, 4.69) is 121 Å². The first-order chi connectivity index (χ1) is 20.8. The smallest absolute Gasteiger partial charge is 0.00139 e. The molecule has 0 bridgehead atoms. The van der Waals surface area contributed by atoms with E-state index in [0.29, 0.717) is 0 Å². The maximum Gasteiger partial charge on any atom is -0.00139 e. The Morgan fingerprint density at radius 3 is 1.07 bits per heavy atom. The fourth-order valence-electron chi connectivity index (χ4n) is 9.02. The molecule has 11 aromatic carbocycles. The molecule has 0 heteroatoms. The monoisotopic (exact) mass is 524 g/mol. The number of rotatable bonds is 0. The summed E-state index contributed by atoms with van der Waals surface area (Å²) in [7, 11) is 0. The van der Waals surface area contributed by atoms with Gasteiger partial charge >= 0.3 is 0 Å². The quantitative estimate of drug-likeness (QED) is 0.137. The summed E-state index contributed by atoms with van der Waals surface area (Å²) in [6.45, 7) is 0. The van der Waals surface area contributed by atoms with Gasteiger partial charge < -0.3 is 0 Å². The van der Waals surface area contributed by atoms with Gasteiger partial charge in [0.05, 0.1) is 0 Å². The Bertz CT molecular complexity index is 2800. The fourth-order valence-corrected chi connectivity index (χ4v) is 9.02. The number of benzene rings is 9. The summed E-state index contributed by atoms with van der Waals surface area (Å²) in [6.07, 6.45) is 0. The summed E-state index contributed by atoms with van der Waals surface area (Å²) in [5.41, 5.74) is 5.46. The third kappa shape index (κ3) is 2.05. The van der Waals surface area contributed by atoms with Crippen LogP contribution in [0.3, 0.4) is 0 Å². The SMILES string of the molecule is c1ccc2c(c1)-c1ccc3c4ccc5c6cc7c(cc6c6ccc(c8ccc-2c1c38)c4c56)c1cccc2cccc7c21. The Morgan fingerprint density at radius 2 is 0.595 bits per heavy atom. The first-order valence-corrected chi connectivity index (χ1v) is 14.9. The predicted molar refractivity (Wildman–Crippen MR) is 182 cm³/mol. The molecule has 188 valence electrons. The van der Waals surface area contributed by atoms with Crippen molar-refractivity contribution in [3.8, 4) is 22.3 Å². The van der Waals surface area contributed by atoms with Crippen molar-refractivity contribution in [2.45, 2.75) is 0 Å². The Hall–Kier alpha value is -5.46. The lowest BCUT2D eigenvalue weighted by Gasteiger charge is -2.16. The molecule has 12 rings (SSSR count). The molecule has 0 N–H and O–H groups in total. The molecule has 0 heterocycles. The van der Waals surface area contributed by atoms with Gasteiger partial charge in [0.15, 0.2) is 0 Å². The molecule has 1 aliphatic rings. The molecule has 1 aliphatic carbocycles. The highest BCUT2D eigenvalue weighted by atomic mass is 14.3. The Labute approximate surface area is 240 Å². The summed E-state index contributed by atoms with van der Waals surface area (Å²) in [5.74, 6) is 0. The van der Waals surface area contributed by atoms with E-state index in [4.69, 9.17) is 0 Å². The van der Waals surface area contributed by atoms with Crippen LogP contribution in [0.1, 0.15) is 0 Å². The van der Waals surface area contributed by atoms with Gasteiger partial charge in [-0.3, -0.25) is 0 Å². The van der Waals surface area contributed by atoms with Gasteiger partial charge in [-0.25, -0.2) is 0 Å². The Balaban J connectivity index is 1.29. The molecule has 0 nitrogen and oxygen atoms in total. The van der Waals surface area contributed by atoms with Crippen molar-refractivity contribution in [1.29, 1.82) is 0 Å². The molecule has 0 radical (unpaired) electrons. The molecule has 42 heavy (non-hydrogen) atoms. The van der Waals surface area contributed by atoms with Crippen LogP contribution in [-0.2, 0) is 0 Å². The zero-order chi connectivity index (χ0) is 26.8. The molecule has 0 saturated heterocycles. The molecule has 0 aliphatic heterocycles. The number of hydrogen-bond donors (Lipinski definition) is 0. The van der Waals surface area contributed by atoms with Crippen LogP contribution in [0.4, 0.5) is 0 Å². The van der Waals surface area contributed by atoms with E-state index in [1.807, 2.05) is 0 Å². The minimum atomic E-state index is 1.33. The first kappa shape index (κ1) is 20.4. The minimum absolute atomic E-state index is 1.33. The highest BCUT2D eigenvalue weighted by molar-refractivity contribution is 6.44. The summed E-state index contributed by atoms with van der Waals surface area (Å²) >= 11 is 0. The van der Waals surface area contributed by atoms with Gasteiger partial charge in [-0.15, -0.1) is 0 Å².